The molecular formula is C19H28N2S. The van der Waals surface area contributed by atoms with Crippen LogP contribution in [0.25, 0.3) is 10.6 Å². The highest BCUT2D eigenvalue weighted by molar-refractivity contribution is 7.13. The van der Waals surface area contributed by atoms with Crippen molar-refractivity contribution in [3.63, 3.8) is 0 Å². The molecule has 0 N–H and O–H groups in total. The maximum atomic E-state index is 4.55. The van der Waals surface area contributed by atoms with Crippen LogP contribution >= 0.6 is 11.3 Å². The van der Waals surface area contributed by atoms with Gasteiger partial charge in [-0.05, 0) is 48.8 Å². The molecule has 0 amide bonds. The van der Waals surface area contributed by atoms with Crippen LogP contribution in [0.1, 0.15) is 70.1 Å². The zero-order valence-corrected chi connectivity index (χ0v) is 14.8. The molecule has 120 valence electrons. The summed E-state index contributed by atoms with van der Waals surface area (Å²) >= 11 is 1.75. The second-order valence-electron chi connectivity index (χ2n) is 5.95. The van der Waals surface area contributed by atoms with Gasteiger partial charge in [-0.15, -0.1) is 16.4 Å². The lowest BCUT2D eigenvalue weighted by atomic mass is 10.0. The van der Waals surface area contributed by atoms with E-state index in [1.165, 1.54) is 61.1 Å². The molecule has 0 atom stereocenters. The highest BCUT2D eigenvalue weighted by Gasteiger charge is 2.10. The Morgan fingerprint density at radius 3 is 2.45 bits per heavy atom. The van der Waals surface area contributed by atoms with Crippen molar-refractivity contribution in [2.24, 2.45) is 0 Å². The van der Waals surface area contributed by atoms with Gasteiger partial charge in [0.2, 0.25) is 0 Å². The molecule has 0 unspecified atom stereocenters. The van der Waals surface area contributed by atoms with Crippen LogP contribution in [0.4, 0.5) is 0 Å². The summed E-state index contributed by atoms with van der Waals surface area (Å²) in [7, 11) is 0. The van der Waals surface area contributed by atoms with E-state index >= 15 is 0 Å². The average molecular weight is 317 g/mol. The number of nitrogens with zero attached hydrogens (tertiary/aromatic N) is 2. The summed E-state index contributed by atoms with van der Waals surface area (Å²) < 4.78 is 0. The molecule has 0 saturated carbocycles. The molecule has 2 aromatic heterocycles. The number of thiophene rings is 1. The molecule has 0 radical (unpaired) electrons. The van der Waals surface area contributed by atoms with Gasteiger partial charge in [0.1, 0.15) is 5.69 Å². The first-order chi connectivity index (χ1) is 10.8. The summed E-state index contributed by atoms with van der Waals surface area (Å²) in [6.07, 6.45) is 11.2. The molecule has 0 aliphatic heterocycles. The molecule has 0 aliphatic carbocycles. The molecule has 2 heterocycles. The van der Waals surface area contributed by atoms with Gasteiger partial charge in [-0.25, -0.2) is 0 Å². The van der Waals surface area contributed by atoms with Gasteiger partial charge >= 0.3 is 0 Å². The van der Waals surface area contributed by atoms with Crippen molar-refractivity contribution < 1.29 is 0 Å². The van der Waals surface area contributed by atoms with Crippen molar-refractivity contribution in [3.8, 4) is 10.6 Å². The van der Waals surface area contributed by atoms with E-state index in [0.717, 1.165) is 18.5 Å². The summed E-state index contributed by atoms with van der Waals surface area (Å²) in [5, 5.41) is 11.1. The van der Waals surface area contributed by atoms with Crippen LogP contribution in [0.3, 0.4) is 0 Å². The van der Waals surface area contributed by atoms with Gasteiger partial charge in [-0.1, -0.05) is 52.0 Å². The van der Waals surface area contributed by atoms with Gasteiger partial charge in [-0.2, -0.15) is 5.10 Å². The minimum Gasteiger partial charge on any atom is -0.155 e. The Hall–Kier alpha value is -1.22. The molecule has 0 aromatic carbocycles. The first-order valence-electron chi connectivity index (χ1n) is 8.74. The van der Waals surface area contributed by atoms with Crippen molar-refractivity contribution in [1.29, 1.82) is 0 Å². The Balaban J connectivity index is 2.03. The van der Waals surface area contributed by atoms with E-state index < -0.39 is 0 Å². The number of hydrogen-bond donors (Lipinski definition) is 0. The molecule has 2 rings (SSSR count). The van der Waals surface area contributed by atoms with Crippen molar-refractivity contribution in [1.82, 2.24) is 10.2 Å². The summed E-state index contributed by atoms with van der Waals surface area (Å²) in [6.45, 7) is 4.50. The lowest BCUT2D eigenvalue weighted by Gasteiger charge is -2.08. The fourth-order valence-corrected chi connectivity index (χ4v) is 3.43. The Labute approximate surface area is 139 Å². The first-order valence-corrected chi connectivity index (χ1v) is 9.62. The Kier molecular flexibility index (Phi) is 7.58. The molecule has 3 heteroatoms. The van der Waals surface area contributed by atoms with Crippen LogP contribution in [0.15, 0.2) is 23.6 Å². The Bertz CT molecular complexity index is 534. The number of aromatic nitrogens is 2. The minimum absolute atomic E-state index is 1.07. The molecular weight excluding hydrogens is 288 g/mol. The van der Waals surface area contributed by atoms with Gasteiger partial charge in [0, 0.05) is 0 Å². The lowest BCUT2D eigenvalue weighted by molar-refractivity contribution is 0.625. The van der Waals surface area contributed by atoms with Gasteiger partial charge in [0.25, 0.3) is 0 Å². The standard InChI is InChI=1S/C19H28N2S/c1-3-5-7-8-9-12-17-15-16(11-6-4-2)19(21-20-17)18-13-10-14-22-18/h10,13-15H,3-9,11-12H2,1-2H3. The molecule has 0 fully saturated rings. The van der Waals surface area contributed by atoms with Gasteiger partial charge in [0.15, 0.2) is 0 Å². The van der Waals surface area contributed by atoms with E-state index in [1.54, 1.807) is 11.3 Å². The van der Waals surface area contributed by atoms with Crippen molar-refractivity contribution >= 4 is 11.3 Å². The second-order valence-corrected chi connectivity index (χ2v) is 6.90. The van der Waals surface area contributed by atoms with E-state index in [1.807, 2.05) is 0 Å². The monoisotopic (exact) mass is 316 g/mol. The number of rotatable bonds is 10. The third-order valence-electron chi connectivity index (χ3n) is 4.01. The number of hydrogen-bond acceptors (Lipinski definition) is 3. The summed E-state index contributed by atoms with van der Waals surface area (Å²) in [5.41, 5.74) is 3.64. The van der Waals surface area contributed by atoms with E-state index in [4.69, 9.17) is 0 Å². The zero-order chi connectivity index (χ0) is 15.6. The van der Waals surface area contributed by atoms with Gasteiger partial charge < -0.3 is 0 Å². The van der Waals surface area contributed by atoms with Crippen LogP contribution in [0.2, 0.25) is 0 Å². The highest BCUT2D eigenvalue weighted by atomic mass is 32.1. The molecule has 2 nitrogen and oxygen atoms in total. The molecule has 0 spiro atoms. The minimum atomic E-state index is 1.07. The highest BCUT2D eigenvalue weighted by Crippen LogP contribution is 2.27. The van der Waals surface area contributed by atoms with Gasteiger partial charge in [0.05, 0.1) is 10.6 Å². The maximum Gasteiger partial charge on any atom is 0.106 e. The predicted molar refractivity (Wildman–Crippen MR) is 96.4 cm³/mol. The molecule has 0 saturated heterocycles. The van der Waals surface area contributed by atoms with Crippen molar-refractivity contribution in [2.75, 3.05) is 0 Å². The second kappa shape index (κ2) is 9.73. The fourth-order valence-electron chi connectivity index (χ4n) is 2.69. The molecule has 0 bridgehead atoms. The molecule has 0 aliphatic rings. The largest absolute Gasteiger partial charge is 0.155 e. The lowest BCUT2D eigenvalue weighted by Crippen LogP contribution is -2.00. The van der Waals surface area contributed by atoms with E-state index in [2.05, 4.69) is 47.6 Å². The van der Waals surface area contributed by atoms with Crippen LogP contribution in [0, 0.1) is 0 Å². The predicted octanol–water partition coefficient (Wildman–Crippen LogP) is 6.06. The van der Waals surface area contributed by atoms with Crippen LogP contribution in [-0.4, -0.2) is 10.2 Å². The van der Waals surface area contributed by atoms with E-state index in [0.29, 0.717) is 0 Å². The number of unbranched alkanes of at least 4 members (excludes halogenated alkanes) is 5. The maximum absolute atomic E-state index is 4.55. The van der Waals surface area contributed by atoms with Crippen molar-refractivity contribution in [2.45, 2.75) is 71.6 Å². The van der Waals surface area contributed by atoms with Crippen LogP contribution < -0.4 is 0 Å². The first kappa shape index (κ1) is 17.1. The topological polar surface area (TPSA) is 25.8 Å². The third kappa shape index (κ3) is 5.20. The molecule has 2 aromatic rings. The molecule has 22 heavy (non-hydrogen) atoms. The van der Waals surface area contributed by atoms with E-state index in [9.17, 15) is 0 Å². The van der Waals surface area contributed by atoms with Crippen molar-refractivity contribution in [3.05, 3.63) is 34.8 Å². The van der Waals surface area contributed by atoms with Crippen LogP contribution in [-0.2, 0) is 12.8 Å². The van der Waals surface area contributed by atoms with Gasteiger partial charge in [-0.3, -0.25) is 0 Å². The van der Waals surface area contributed by atoms with E-state index in [-0.39, 0.29) is 0 Å². The normalized spacial score (nSPS) is 11.0. The fraction of sp³-hybridized carbons (Fsp3) is 0.579. The quantitative estimate of drug-likeness (QED) is 0.498. The average Bonchev–Trinajstić information content (AvgIpc) is 3.07. The summed E-state index contributed by atoms with van der Waals surface area (Å²) in [5.74, 6) is 0. The summed E-state index contributed by atoms with van der Waals surface area (Å²) in [4.78, 5) is 1.24. The third-order valence-corrected chi connectivity index (χ3v) is 4.89. The van der Waals surface area contributed by atoms with Crippen LogP contribution in [0.5, 0.6) is 0 Å². The SMILES string of the molecule is CCCCCCCc1cc(CCCC)c(-c2cccs2)nn1. The Morgan fingerprint density at radius 1 is 0.909 bits per heavy atom. The summed E-state index contributed by atoms with van der Waals surface area (Å²) in [6, 6.07) is 6.54. The zero-order valence-electron chi connectivity index (χ0n) is 14.0. The number of aryl methyl sites for hydroxylation is 2. The Morgan fingerprint density at radius 2 is 1.73 bits per heavy atom. The smallest absolute Gasteiger partial charge is 0.106 e.